The lowest BCUT2D eigenvalue weighted by Crippen LogP contribution is -2.50. The molecule has 0 fully saturated rings. The number of nitrogens with one attached hydrogen (secondary N) is 2. The molecular weight excluding hydrogens is 348 g/mol. The van der Waals surface area contributed by atoms with Gasteiger partial charge in [-0.05, 0) is 36.6 Å². The van der Waals surface area contributed by atoms with Crippen LogP contribution in [-0.2, 0) is 4.79 Å². The number of amides is 2. The van der Waals surface area contributed by atoms with Crippen molar-refractivity contribution in [2.45, 2.75) is 39.3 Å². The Kier molecular flexibility index (Phi) is 7.22. The number of hydrogen-bond donors (Lipinski definition) is 2. The molecule has 0 aliphatic rings. The Morgan fingerprint density at radius 3 is 2.19 bits per heavy atom. The van der Waals surface area contributed by atoms with Gasteiger partial charge in [-0.3, -0.25) is 9.59 Å². The van der Waals surface area contributed by atoms with Crippen LogP contribution in [0, 0.1) is 5.92 Å². The summed E-state index contributed by atoms with van der Waals surface area (Å²) in [7, 11) is 0. The molecule has 2 aromatic carbocycles. The standard InChI is InChI=1S/C21H25ClN2O2/c1-4-14(2)19(24-20(25)16-10-6-5-7-11-16)21(26)23-15(3)17-12-8-9-13-18(17)22/h5-15,19H,4H2,1-3H3,(H,23,26)(H,24,25). The molecule has 0 bridgehead atoms. The van der Waals surface area contributed by atoms with Gasteiger partial charge in [0.15, 0.2) is 0 Å². The molecule has 2 rings (SSSR count). The highest BCUT2D eigenvalue weighted by molar-refractivity contribution is 6.31. The maximum atomic E-state index is 12.8. The van der Waals surface area contributed by atoms with E-state index in [9.17, 15) is 9.59 Å². The minimum absolute atomic E-state index is 0.00103. The van der Waals surface area contributed by atoms with Gasteiger partial charge in [0.2, 0.25) is 5.91 Å². The van der Waals surface area contributed by atoms with Crippen LogP contribution in [0.4, 0.5) is 0 Å². The Labute approximate surface area is 159 Å². The molecule has 0 saturated carbocycles. The predicted octanol–water partition coefficient (Wildman–Crippen LogP) is 4.36. The van der Waals surface area contributed by atoms with Gasteiger partial charge in [0.25, 0.3) is 5.91 Å². The largest absolute Gasteiger partial charge is 0.348 e. The van der Waals surface area contributed by atoms with Crippen molar-refractivity contribution >= 4 is 23.4 Å². The molecule has 3 atom stereocenters. The first-order chi connectivity index (χ1) is 12.4. The Balaban J connectivity index is 2.12. The molecule has 2 N–H and O–H groups in total. The van der Waals surface area contributed by atoms with E-state index in [0.717, 1.165) is 12.0 Å². The second-order valence-corrected chi connectivity index (χ2v) is 6.86. The Hall–Kier alpha value is -2.33. The molecule has 0 saturated heterocycles. The molecule has 0 radical (unpaired) electrons. The quantitative estimate of drug-likeness (QED) is 0.758. The highest BCUT2D eigenvalue weighted by Gasteiger charge is 2.27. The normalized spacial score (nSPS) is 14.2. The average molecular weight is 373 g/mol. The monoisotopic (exact) mass is 372 g/mol. The zero-order valence-corrected chi connectivity index (χ0v) is 16.1. The molecule has 2 amide bonds. The van der Waals surface area contributed by atoms with Crippen molar-refractivity contribution in [3.8, 4) is 0 Å². The third kappa shape index (κ3) is 5.09. The van der Waals surface area contributed by atoms with Gasteiger partial charge in [-0.25, -0.2) is 0 Å². The minimum atomic E-state index is -0.613. The SMILES string of the molecule is CCC(C)C(NC(=O)c1ccccc1)C(=O)NC(C)c1ccccc1Cl. The molecule has 0 heterocycles. The first-order valence-corrected chi connectivity index (χ1v) is 9.22. The van der Waals surface area contributed by atoms with Gasteiger partial charge in [-0.15, -0.1) is 0 Å². The molecule has 26 heavy (non-hydrogen) atoms. The second-order valence-electron chi connectivity index (χ2n) is 6.45. The van der Waals surface area contributed by atoms with E-state index < -0.39 is 6.04 Å². The first-order valence-electron chi connectivity index (χ1n) is 8.84. The number of hydrogen-bond acceptors (Lipinski definition) is 2. The molecule has 0 aromatic heterocycles. The first kappa shape index (κ1) is 20.0. The van der Waals surface area contributed by atoms with E-state index in [1.165, 1.54) is 0 Å². The molecule has 5 heteroatoms. The summed E-state index contributed by atoms with van der Waals surface area (Å²) < 4.78 is 0. The summed E-state index contributed by atoms with van der Waals surface area (Å²) in [5, 5.41) is 6.45. The molecule has 3 unspecified atom stereocenters. The summed E-state index contributed by atoms with van der Waals surface area (Å²) in [5.41, 5.74) is 1.38. The van der Waals surface area contributed by atoms with Crippen molar-refractivity contribution in [2.24, 2.45) is 5.92 Å². The van der Waals surface area contributed by atoms with Crippen molar-refractivity contribution in [2.75, 3.05) is 0 Å². The molecular formula is C21H25ClN2O2. The van der Waals surface area contributed by atoms with Gasteiger partial charge >= 0.3 is 0 Å². The number of halogens is 1. The van der Waals surface area contributed by atoms with Crippen LogP contribution >= 0.6 is 11.6 Å². The number of benzene rings is 2. The van der Waals surface area contributed by atoms with Gasteiger partial charge in [0.1, 0.15) is 6.04 Å². The van der Waals surface area contributed by atoms with E-state index in [4.69, 9.17) is 11.6 Å². The minimum Gasteiger partial charge on any atom is -0.348 e. The fourth-order valence-electron chi connectivity index (χ4n) is 2.72. The van der Waals surface area contributed by atoms with Crippen LogP contribution in [0.15, 0.2) is 54.6 Å². The summed E-state index contributed by atoms with van der Waals surface area (Å²) >= 11 is 6.22. The number of rotatable bonds is 7. The summed E-state index contributed by atoms with van der Waals surface area (Å²) in [6.45, 7) is 5.83. The second kappa shape index (κ2) is 9.39. The molecule has 4 nitrogen and oxygen atoms in total. The van der Waals surface area contributed by atoms with Crippen molar-refractivity contribution in [1.82, 2.24) is 10.6 Å². The third-order valence-corrected chi connectivity index (χ3v) is 4.89. The maximum absolute atomic E-state index is 12.8. The van der Waals surface area contributed by atoms with E-state index in [-0.39, 0.29) is 23.8 Å². The van der Waals surface area contributed by atoms with Gasteiger partial charge < -0.3 is 10.6 Å². The molecule has 138 valence electrons. The highest BCUT2D eigenvalue weighted by atomic mass is 35.5. The van der Waals surface area contributed by atoms with Gasteiger partial charge in [0, 0.05) is 10.6 Å². The summed E-state index contributed by atoms with van der Waals surface area (Å²) in [4.78, 5) is 25.3. The lowest BCUT2D eigenvalue weighted by atomic mass is 9.97. The van der Waals surface area contributed by atoms with Crippen LogP contribution < -0.4 is 10.6 Å². The smallest absolute Gasteiger partial charge is 0.251 e. The molecule has 0 aliphatic carbocycles. The van der Waals surface area contributed by atoms with Gasteiger partial charge in [0.05, 0.1) is 6.04 Å². The number of carbonyl (C=O) groups is 2. The van der Waals surface area contributed by atoms with Crippen molar-refractivity contribution in [3.05, 3.63) is 70.7 Å². The highest BCUT2D eigenvalue weighted by Crippen LogP contribution is 2.22. The van der Waals surface area contributed by atoms with Crippen molar-refractivity contribution in [3.63, 3.8) is 0 Å². The van der Waals surface area contributed by atoms with E-state index in [2.05, 4.69) is 10.6 Å². The summed E-state index contributed by atoms with van der Waals surface area (Å²) in [6.07, 6.45) is 0.771. The van der Waals surface area contributed by atoms with Crippen LogP contribution in [0.2, 0.25) is 5.02 Å². The predicted molar refractivity (Wildman–Crippen MR) is 105 cm³/mol. The van der Waals surface area contributed by atoms with Gasteiger partial charge in [-0.1, -0.05) is 68.3 Å². The fraction of sp³-hybridized carbons (Fsp3) is 0.333. The Morgan fingerprint density at radius 1 is 0.962 bits per heavy atom. The van der Waals surface area contributed by atoms with E-state index in [0.29, 0.717) is 10.6 Å². The van der Waals surface area contributed by atoms with Crippen LogP contribution in [0.25, 0.3) is 0 Å². The lowest BCUT2D eigenvalue weighted by Gasteiger charge is -2.26. The van der Waals surface area contributed by atoms with Crippen LogP contribution in [0.5, 0.6) is 0 Å². The van der Waals surface area contributed by atoms with Crippen LogP contribution in [0.1, 0.15) is 49.2 Å². The van der Waals surface area contributed by atoms with Crippen LogP contribution in [0.3, 0.4) is 0 Å². The van der Waals surface area contributed by atoms with Crippen molar-refractivity contribution < 1.29 is 9.59 Å². The zero-order valence-electron chi connectivity index (χ0n) is 15.3. The average Bonchev–Trinajstić information content (AvgIpc) is 2.66. The van der Waals surface area contributed by atoms with E-state index in [1.807, 2.05) is 45.0 Å². The Bertz CT molecular complexity index is 749. The van der Waals surface area contributed by atoms with E-state index >= 15 is 0 Å². The molecule has 2 aromatic rings. The summed E-state index contributed by atoms with van der Waals surface area (Å²) in [6, 6.07) is 15.4. The lowest BCUT2D eigenvalue weighted by molar-refractivity contribution is -0.124. The number of carbonyl (C=O) groups excluding carboxylic acids is 2. The molecule has 0 spiro atoms. The zero-order chi connectivity index (χ0) is 19.1. The fourth-order valence-corrected chi connectivity index (χ4v) is 3.02. The van der Waals surface area contributed by atoms with Gasteiger partial charge in [-0.2, -0.15) is 0 Å². The van der Waals surface area contributed by atoms with Crippen LogP contribution in [-0.4, -0.2) is 17.9 Å². The third-order valence-electron chi connectivity index (χ3n) is 4.55. The Morgan fingerprint density at radius 2 is 1.58 bits per heavy atom. The topological polar surface area (TPSA) is 58.2 Å². The van der Waals surface area contributed by atoms with E-state index in [1.54, 1.807) is 30.3 Å². The maximum Gasteiger partial charge on any atom is 0.251 e. The molecule has 0 aliphatic heterocycles. The van der Waals surface area contributed by atoms with Crippen molar-refractivity contribution in [1.29, 1.82) is 0 Å². The summed E-state index contributed by atoms with van der Waals surface area (Å²) in [5.74, 6) is -0.464.